The molecule has 1 atom stereocenters. The predicted molar refractivity (Wildman–Crippen MR) is 121 cm³/mol. The van der Waals surface area contributed by atoms with Crippen LogP contribution in [0.3, 0.4) is 0 Å². The largest absolute Gasteiger partial charge is 0.497 e. The van der Waals surface area contributed by atoms with Gasteiger partial charge in [0.05, 0.1) is 33.0 Å². The Morgan fingerprint density at radius 1 is 1.12 bits per heavy atom. The second-order valence-electron chi connectivity index (χ2n) is 7.59. The van der Waals surface area contributed by atoms with Gasteiger partial charge in [-0.1, -0.05) is 18.2 Å². The number of likely N-dealkylation sites (N-methyl/N-ethyl adjacent to an activating group) is 1. The minimum absolute atomic E-state index is 0.329. The first kappa shape index (κ1) is 24.9. The lowest BCUT2D eigenvalue weighted by Gasteiger charge is -2.26. The summed E-state index contributed by atoms with van der Waals surface area (Å²) in [6.45, 7) is 1.48. The van der Waals surface area contributed by atoms with Gasteiger partial charge in [-0.15, -0.1) is 0 Å². The molecule has 0 bridgehead atoms. The Bertz CT molecular complexity index is 969. The Labute approximate surface area is 189 Å². The average Bonchev–Trinajstić information content (AvgIpc) is 2.84. The topological polar surface area (TPSA) is 88.9 Å². The molecule has 2 rings (SSSR count). The highest BCUT2D eigenvalue weighted by Gasteiger charge is 2.41. The van der Waals surface area contributed by atoms with Crippen LogP contribution in [-0.2, 0) is 21.4 Å². The summed E-state index contributed by atoms with van der Waals surface area (Å²) < 4.78 is 15.5. The maximum Gasteiger partial charge on any atom is 0.330 e. The van der Waals surface area contributed by atoms with E-state index in [1.165, 1.54) is 7.11 Å². The monoisotopic (exact) mass is 438 g/mol. The fourth-order valence-electron chi connectivity index (χ4n) is 3.65. The van der Waals surface area contributed by atoms with Crippen molar-refractivity contribution in [1.82, 2.24) is 4.90 Å². The Kier molecular flexibility index (Phi) is 9.23. The van der Waals surface area contributed by atoms with Gasteiger partial charge >= 0.3 is 5.97 Å². The number of ether oxygens (including phenoxy) is 3. The highest BCUT2D eigenvalue weighted by molar-refractivity contribution is 5.86. The number of nitrogens with zero attached hydrogens (tertiary/aromatic N) is 2. The van der Waals surface area contributed by atoms with Crippen LogP contribution in [-0.4, -0.2) is 58.6 Å². The van der Waals surface area contributed by atoms with Gasteiger partial charge in [0.15, 0.2) is 11.7 Å². The Morgan fingerprint density at radius 3 is 2.53 bits per heavy atom. The van der Waals surface area contributed by atoms with Gasteiger partial charge in [0.1, 0.15) is 11.5 Å². The van der Waals surface area contributed by atoms with Crippen LogP contribution in [0.5, 0.6) is 11.5 Å². The molecule has 7 heteroatoms. The fraction of sp³-hybridized carbons (Fsp3) is 0.400. The predicted octanol–water partition coefficient (Wildman–Crippen LogP) is 3.41. The molecule has 170 valence electrons. The van der Waals surface area contributed by atoms with Crippen LogP contribution in [0.2, 0.25) is 0 Å². The standard InChI is InChI=1S/C25H30N2O5/c1-27(14-11-19-9-10-20(17-28)23(15-19)31-3)13-6-12-25(18-26,24(29)32-4)21-7-5-8-22(16-21)30-2/h5,7-10,15-17H,6,11-14H2,1-4H3. The molecule has 0 fully saturated rings. The van der Waals surface area contributed by atoms with Crippen molar-refractivity contribution < 1.29 is 23.8 Å². The van der Waals surface area contributed by atoms with Crippen molar-refractivity contribution in [3.63, 3.8) is 0 Å². The molecule has 7 nitrogen and oxygen atoms in total. The summed E-state index contributed by atoms with van der Waals surface area (Å²) in [4.78, 5) is 25.8. The van der Waals surface area contributed by atoms with Crippen LogP contribution < -0.4 is 9.47 Å². The molecule has 0 aliphatic carbocycles. The molecule has 0 aromatic heterocycles. The summed E-state index contributed by atoms with van der Waals surface area (Å²) in [5.41, 5.74) is 0.771. The molecule has 2 aromatic carbocycles. The highest BCUT2D eigenvalue weighted by Crippen LogP contribution is 2.32. The van der Waals surface area contributed by atoms with Crippen molar-refractivity contribution in [1.29, 1.82) is 5.26 Å². The Balaban J connectivity index is 2.02. The number of carbonyl (C=O) groups is 2. The van der Waals surface area contributed by atoms with E-state index in [9.17, 15) is 14.9 Å². The summed E-state index contributed by atoms with van der Waals surface area (Å²) in [5.74, 6) is 0.577. The molecular formula is C25H30N2O5. The number of aldehydes is 1. The minimum atomic E-state index is -1.39. The Hall–Kier alpha value is -3.37. The number of benzene rings is 2. The van der Waals surface area contributed by atoms with Gasteiger partial charge in [0.25, 0.3) is 0 Å². The number of esters is 1. The normalized spacial score (nSPS) is 12.5. The molecule has 0 amide bonds. The third-order valence-corrected chi connectivity index (χ3v) is 5.59. The zero-order valence-electron chi connectivity index (χ0n) is 19.1. The van der Waals surface area contributed by atoms with Gasteiger partial charge in [0, 0.05) is 6.54 Å². The maximum atomic E-state index is 12.6. The molecule has 0 saturated heterocycles. The van der Waals surface area contributed by atoms with Crippen molar-refractivity contribution in [2.45, 2.75) is 24.7 Å². The van der Waals surface area contributed by atoms with E-state index in [1.807, 2.05) is 19.2 Å². The van der Waals surface area contributed by atoms with Crippen molar-refractivity contribution in [2.75, 3.05) is 41.5 Å². The van der Waals surface area contributed by atoms with E-state index >= 15 is 0 Å². The lowest BCUT2D eigenvalue weighted by atomic mass is 9.77. The number of nitriles is 1. The van der Waals surface area contributed by atoms with Gasteiger partial charge in [-0.05, 0) is 68.2 Å². The SMILES string of the molecule is COC(=O)C(C#N)(CCCN(C)CCc1ccc(C=O)c(OC)c1)c1cccc(OC)c1. The quantitative estimate of drug-likeness (QED) is 0.371. The van der Waals surface area contributed by atoms with E-state index in [1.54, 1.807) is 44.6 Å². The lowest BCUT2D eigenvalue weighted by Crippen LogP contribution is -2.36. The molecular weight excluding hydrogens is 408 g/mol. The first-order chi connectivity index (χ1) is 15.4. The smallest absolute Gasteiger partial charge is 0.330 e. The van der Waals surface area contributed by atoms with Crippen molar-refractivity contribution in [2.24, 2.45) is 0 Å². The zero-order chi connectivity index (χ0) is 23.6. The van der Waals surface area contributed by atoms with Crippen LogP contribution in [0.25, 0.3) is 0 Å². The van der Waals surface area contributed by atoms with Crippen LogP contribution in [0, 0.1) is 11.3 Å². The van der Waals surface area contributed by atoms with Crippen molar-refractivity contribution >= 4 is 12.3 Å². The summed E-state index contributed by atoms with van der Waals surface area (Å²) in [6, 6.07) is 14.7. The summed E-state index contributed by atoms with van der Waals surface area (Å²) in [5, 5.41) is 9.96. The molecule has 32 heavy (non-hydrogen) atoms. The van der Waals surface area contributed by atoms with E-state index in [-0.39, 0.29) is 0 Å². The highest BCUT2D eigenvalue weighted by atomic mass is 16.5. The van der Waals surface area contributed by atoms with E-state index in [2.05, 4.69) is 11.0 Å². The van der Waals surface area contributed by atoms with Gasteiger partial charge in [-0.3, -0.25) is 4.79 Å². The molecule has 1 unspecified atom stereocenters. The first-order valence-corrected chi connectivity index (χ1v) is 10.4. The van der Waals surface area contributed by atoms with Crippen LogP contribution >= 0.6 is 0 Å². The fourth-order valence-corrected chi connectivity index (χ4v) is 3.65. The van der Waals surface area contributed by atoms with Crippen LogP contribution in [0.1, 0.15) is 34.3 Å². The molecule has 0 spiro atoms. The average molecular weight is 439 g/mol. The molecule has 0 aliphatic heterocycles. The van der Waals surface area contributed by atoms with E-state index in [0.29, 0.717) is 42.0 Å². The van der Waals surface area contributed by atoms with E-state index < -0.39 is 11.4 Å². The zero-order valence-corrected chi connectivity index (χ0v) is 19.1. The van der Waals surface area contributed by atoms with Crippen molar-refractivity contribution in [3.8, 4) is 17.6 Å². The Morgan fingerprint density at radius 2 is 1.91 bits per heavy atom. The summed E-state index contributed by atoms with van der Waals surface area (Å²) in [7, 11) is 6.38. The minimum Gasteiger partial charge on any atom is -0.497 e. The van der Waals surface area contributed by atoms with Gasteiger partial charge in [-0.2, -0.15) is 5.26 Å². The molecule has 0 N–H and O–H groups in total. The van der Waals surface area contributed by atoms with E-state index in [4.69, 9.17) is 14.2 Å². The van der Waals surface area contributed by atoms with Crippen molar-refractivity contribution in [3.05, 3.63) is 59.2 Å². The second-order valence-corrected chi connectivity index (χ2v) is 7.59. The maximum absolute atomic E-state index is 12.6. The summed E-state index contributed by atoms with van der Waals surface area (Å²) in [6.07, 6.45) is 2.52. The van der Waals surface area contributed by atoms with Gasteiger partial charge in [0.2, 0.25) is 0 Å². The van der Waals surface area contributed by atoms with Gasteiger partial charge < -0.3 is 19.1 Å². The van der Waals surface area contributed by atoms with Gasteiger partial charge in [-0.25, -0.2) is 4.79 Å². The molecule has 0 heterocycles. The molecule has 0 radical (unpaired) electrons. The summed E-state index contributed by atoms with van der Waals surface area (Å²) >= 11 is 0. The first-order valence-electron chi connectivity index (χ1n) is 10.4. The third-order valence-electron chi connectivity index (χ3n) is 5.59. The number of rotatable bonds is 12. The number of hydrogen-bond donors (Lipinski definition) is 0. The molecule has 0 aliphatic rings. The molecule has 2 aromatic rings. The molecule has 0 saturated carbocycles. The van der Waals surface area contributed by atoms with Crippen LogP contribution in [0.15, 0.2) is 42.5 Å². The van der Waals surface area contributed by atoms with E-state index in [0.717, 1.165) is 24.8 Å². The number of carbonyl (C=O) groups excluding carboxylic acids is 2. The second kappa shape index (κ2) is 11.9. The number of methoxy groups -OCH3 is 3. The van der Waals surface area contributed by atoms with Crippen LogP contribution in [0.4, 0.5) is 0 Å². The lowest BCUT2D eigenvalue weighted by molar-refractivity contribution is -0.145. The third kappa shape index (κ3) is 5.86. The number of hydrogen-bond acceptors (Lipinski definition) is 7.